The molecule has 170 valence electrons. The highest BCUT2D eigenvalue weighted by atomic mass is 31.2. The number of hydrogen-bond donors (Lipinski definition) is 3. The Kier molecular flexibility index (Phi) is 11.6. The van der Waals surface area contributed by atoms with Gasteiger partial charge in [-0.05, 0) is 34.1 Å². The van der Waals surface area contributed by atoms with Gasteiger partial charge in [0.2, 0.25) is 7.37 Å². The van der Waals surface area contributed by atoms with Crippen LogP contribution in [0.3, 0.4) is 0 Å². The van der Waals surface area contributed by atoms with Crippen LogP contribution in [0.25, 0.3) is 0 Å². The third-order valence-electron chi connectivity index (χ3n) is 3.91. The lowest BCUT2D eigenvalue weighted by molar-refractivity contribution is -0.142. The molecule has 9 heteroatoms. The van der Waals surface area contributed by atoms with Gasteiger partial charge in [-0.25, -0.2) is 0 Å². The van der Waals surface area contributed by atoms with Crippen LogP contribution < -0.4 is 0 Å². The summed E-state index contributed by atoms with van der Waals surface area (Å²) >= 11 is 0. The van der Waals surface area contributed by atoms with Crippen LogP contribution in [0, 0.1) is 18.8 Å². The van der Waals surface area contributed by atoms with Crippen molar-refractivity contribution in [2.24, 2.45) is 11.8 Å². The summed E-state index contributed by atoms with van der Waals surface area (Å²) in [6.07, 6.45) is -1.24. The number of carboxylic acids is 3. The first-order chi connectivity index (χ1) is 13.6. The topological polar surface area (TPSA) is 138 Å². The quantitative estimate of drug-likeness (QED) is 0.453. The molecule has 1 rings (SSSR count). The van der Waals surface area contributed by atoms with Crippen molar-refractivity contribution in [2.45, 2.75) is 53.1 Å². The van der Waals surface area contributed by atoms with Crippen molar-refractivity contribution in [1.82, 2.24) is 0 Å². The van der Waals surface area contributed by atoms with Crippen LogP contribution in [-0.4, -0.2) is 51.2 Å². The Morgan fingerprint density at radius 1 is 1.00 bits per heavy atom. The van der Waals surface area contributed by atoms with Crippen LogP contribution in [-0.2, 0) is 23.5 Å². The predicted octanol–water partition coefficient (Wildman–Crippen LogP) is 4.36. The van der Waals surface area contributed by atoms with E-state index in [1.165, 1.54) is 12.5 Å². The van der Waals surface area contributed by atoms with Gasteiger partial charge in [0.15, 0.2) is 0 Å². The monoisotopic (exact) mass is 444 g/mol. The molecule has 0 saturated carbocycles. The summed E-state index contributed by atoms with van der Waals surface area (Å²) in [6.45, 7) is 8.36. The molecular formula is C21H33O8P. The highest BCUT2D eigenvalue weighted by Gasteiger charge is 2.37. The second-order valence-corrected chi connectivity index (χ2v) is 10.8. The molecule has 1 aromatic carbocycles. The first-order valence-electron chi connectivity index (χ1n) is 9.63. The highest BCUT2D eigenvalue weighted by molar-refractivity contribution is 7.59. The van der Waals surface area contributed by atoms with Crippen LogP contribution in [0.4, 0.5) is 0 Å². The van der Waals surface area contributed by atoms with E-state index in [1.807, 2.05) is 18.2 Å². The molecule has 0 aliphatic rings. The van der Waals surface area contributed by atoms with Crippen molar-refractivity contribution in [1.29, 1.82) is 0 Å². The van der Waals surface area contributed by atoms with E-state index in [0.29, 0.717) is 0 Å². The SMILES string of the molecule is CC(CP(=O)(CC(CCC(=O)O)C(=O)O)OC(C)(C)C)C(=O)O.Cc1ccccc1. The second-order valence-electron chi connectivity index (χ2n) is 8.24. The van der Waals surface area contributed by atoms with Gasteiger partial charge in [0.1, 0.15) is 0 Å². The molecule has 30 heavy (non-hydrogen) atoms. The molecule has 0 aliphatic heterocycles. The highest BCUT2D eigenvalue weighted by Crippen LogP contribution is 2.53. The largest absolute Gasteiger partial charge is 0.481 e. The van der Waals surface area contributed by atoms with Crippen molar-refractivity contribution in [3.63, 3.8) is 0 Å². The Balaban J connectivity index is 0.000001000. The van der Waals surface area contributed by atoms with Crippen LogP contribution in [0.15, 0.2) is 30.3 Å². The van der Waals surface area contributed by atoms with E-state index in [-0.39, 0.29) is 25.2 Å². The van der Waals surface area contributed by atoms with E-state index in [0.717, 1.165) is 0 Å². The molecule has 0 amide bonds. The fraction of sp³-hybridized carbons (Fsp3) is 0.571. The van der Waals surface area contributed by atoms with E-state index in [2.05, 4.69) is 19.1 Å². The van der Waals surface area contributed by atoms with Gasteiger partial charge >= 0.3 is 17.9 Å². The molecule has 0 aromatic heterocycles. The molecule has 0 saturated heterocycles. The van der Waals surface area contributed by atoms with Crippen LogP contribution in [0.2, 0.25) is 0 Å². The Hall–Kier alpha value is -2.18. The molecule has 3 N–H and O–H groups in total. The van der Waals surface area contributed by atoms with Gasteiger partial charge in [0, 0.05) is 18.7 Å². The molecular weight excluding hydrogens is 411 g/mol. The van der Waals surface area contributed by atoms with Gasteiger partial charge < -0.3 is 19.8 Å². The summed E-state index contributed by atoms with van der Waals surface area (Å²) in [7, 11) is -3.58. The van der Waals surface area contributed by atoms with Crippen molar-refractivity contribution in [3.05, 3.63) is 35.9 Å². The summed E-state index contributed by atoms with van der Waals surface area (Å²) in [5.41, 5.74) is 0.478. The number of hydrogen-bond acceptors (Lipinski definition) is 5. The van der Waals surface area contributed by atoms with Gasteiger partial charge in [-0.1, -0.05) is 42.8 Å². The first kappa shape index (κ1) is 27.8. The third kappa shape index (κ3) is 13.1. The number of benzene rings is 1. The van der Waals surface area contributed by atoms with E-state index < -0.39 is 42.7 Å². The fourth-order valence-corrected chi connectivity index (χ4v) is 5.90. The second kappa shape index (κ2) is 12.5. The van der Waals surface area contributed by atoms with Gasteiger partial charge in [-0.3, -0.25) is 18.9 Å². The fourth-order valence-electron chi connectivity index (χ4n) is 2.60. The molecule has 0 bridgehead atoms. The van der Waals surface area contributed by atoms with Gasteiger partial charge in [0.25, 0.3) is 0 Å². The lowest BCUT2D eigenvalue weighted by atomic mass is 10.1. The summed E-state index contributed by atoms with van der Waals surface area (Å²) < 4.78 is 18.5. The van der Waals surface area contributed by atoms with Crippen molar-refractivity contribution in [2.75, 3.05) is 12.3 Å². The molecule has 8 nitrogen and oxygen atoms in total. The van der Waals surface area contributed by atoms with Crippen LogP contribution >= 0.6 is 7.37 Å². The molecule has 0 radical (unpaired) electrons. The minimum absolute atomic E-state index is 0.191. The Morgan fingerprint density at radius 2 is 1.53 bits per heavy atom. The average Bonchev–Trinajstić information content (AvgIpc) is 2.57. The lowest BCUT2D eigenvalue weighted by Crippen LogP contribution is -2.27. The lowest BCUT2D eigenvalue weighted by Gasteiger charge is -2.30. The first-order valence-corrected chi connectivity index (χ1v) is 11.6. The maximum absolute atomic E-state index is 13.0. The van der Waals surface area contributed by atoms with Crippen molar-refractivity contribution < 1.29 is 38.8 Å². The zero-order chi connectivity index (χ0) is 23.5. The number of carboxylic acid groups (broad SMARTS) is 3. The van der Waals surface area contributed by atoms with Crippen LogP contribution in [0.1, 0.15) is 46.1 Å². The van der Waals surface area contributed by atoms with E-state index in [9.17, 15) is 24.1 Å². The third-order valence-corrected chi connectivity index (χ3v) is 6.89. The summed E-state index contributed by atoms with van der Waals surface area (Å²) in [5.74, 6) is -5.70. The minimum atomic E-state index is -3.58. The molecule has 0 aliphatic carbocycles. The maximum Gasteiger partial charge on any atom is 0.307 e. The number of carbonyl (C=O) groups is 3. The Bertz CT molecular complexity index is 739. The Labute approximate surface area is 177 Å². The smallest absolute Gasteiger partial charge is 0.307 e. The molecule has 0 fully saturated rings. The average molecular weight is 444 g/mol. The predicted molar refractivity (Wildman–Crippen MR) is 114 cm³/mol. The van der Waals surface area contributed by atoms with Gasteiger partial charge in [-0.2, -0.15) is 0 Å². The van der Waals surface area contributed by atoms with E-state index in [4.69, 9.17) is 14.7 Å². The molecule has 3 unspecified atom stereocenters. The Morgan fingerprint density at radius 3 is 1.87 bits per heavy atom. The van der Waals surface area contributed by atoms with Crippen molar-refractivity contribution in [3.8, 4) is 0 Å². The number of aliphatic carboxylic acids is 3. The summed E-state index contributed by atoms with van der Waals surface area (Å²) in [4.78, 5) is 32.9. The van der Waals surface area contributed by atoms with Crippen LogP contribution in [0.5, 0.6) is 0 Å². The number of aryl methyl sites for hydroxylation is 1. The zero-order valence-corrected chi connectivity index (χ0v) is 19.1. The summed E-state index contributed by atoms with van der Waals surface area (Å²) in [5, 5.41) is 26.9. The molecule has 3 atom stereocenters. The van der Waals surface area contributed by atoms with Gasteiger partial charge in [-0.15, -0.1) is 0 Å². The normalized spacial score (nSPS) is 15.1. The van der Waals surface area contributed by atoms with E-state index >= 15 is 0 Å². The summed E-state index contributed by atoms with van der Waals surface area (Å²) in [6, 6.07) is 10.3. The molecule has 0 heterocycles. The minimum Gasteiger partial charge on any atom is -0.481 e. The van der Waals surface area contributed by atoms with Crippen molar-refractivity contribution >= 4 is 25.3 Å². The van der Waals surface area contributed by atoms with E-state index in [1.54, 1.807) is 20.8 Å². The number of rotatable bonds is 10. The standard InChI is InChI=1S/C14H25O8P.C7H8/c1-9(12(17)18)7-23(21,22-14(2,3)4)8-10(13(19)20)5-6-11(15)16;1-7-5-3-2-4-6-7/h9-10H,5-8H2,1-4H3,(H,15,16)(H,17,18)(H,19,20);2-6H,1H3. The zero-order valence-electron chi connectivity index (χ0n) is 18.2. The maximum atomic E-state index is 13.0. The molecule has 0 spiro atoms. The molecule has 1 aromatic rings. The van der Waals surface area contributed by atoms with Gasteiger partial charge in [0.05, 0.1) is 17.4 Å².